The third kappa shape index (κ3) is 3.89. The number of rotatable bonds is 6. The summed E-state index contributed by atoms with van der Waals surface area (Å²) < 4.78 is 37.6. The molecule has 9 heteroatoms. The minimum atomic E-state index is -5.05. The van der Waals surface area contributed by atoms with E-state index in [1.54, 1.807) is 36.8 Å². The molecular weight excluding hydrogens is 343 g/mol. The highest BCUT2D eigenvalue weighted by molar-refractivity contribution is 7.09. The first-order chi connectivity index (χ1) is 11.2. The molecule has 1 unspecified atom stereocenters. The summed E-state index contributed by atoms with van der Waals surface area (Å²) in [4.78, 5) is 32.5. The number of hydrogen-bond donors (Lipinski definition) is 1. The number of Topliss-reactive ketones (excluding diaryl/α,β-unsaturated/α-hetero) is 1. The fourth-order valence-electron chi connectivity index (χ4n) is 2.36. The SMILES string of the molecule is CC(C)[C@H](NC(=O)C(F)(F)F)C(=O)C1(Cc2nccs2)C=CC=N1. The zero-order valence-electron chi connectivity index (χ0n) is 13.0. The molecule has 130 valence electrons. The number of nitrogens with one attached hydrogen (secondary N) is 1. The number of aromatic nitrogens is 1. The Bertz CT molecular complexity index is 654. The van der Waals surface area contributed by atoms with Crippen LogP contribution >= 0.6 is 11.3 Å². The first kappa shape index (κ1) is 18.3. The molecule has 1 aliphatic rings. The zero-order chi connectivity index (χ0) is 18.0. The molecule has 0 saturated heterocycles. The van der Waals surface area contributed by atoms with Gasteiger partial charge in [-0.2, -0.15) is 13.2 Å². The van der Waals surface area contributed by atoms with Gasteiger partial charge in [-0.15, -0.1) is 11.3 Å². The van der Waals surface area contributed by atoms with Crippen molar-refractivity contribution in [3.8, 4) is 0 Å². The quantitative estimate of drug-likeness (QED) is 0.847. The summed E-state index contributed by atoms with van der Waals surface area (Å²) in [7, 11) is 0. The van der Waals surface area contributed by atoms with E-state index in [4.69, 9.17) is 0 Å². The number of thiazole rings is 1. The topological polar surface area (TPSA) is 71.4 Å². The Morgan fingerprint density at radius 3 is 2.54 bits per heavy atom. The molecule has 0 radical (unpaired) electrons. The number of allylic oxidation sites excluding steroid dienone is 1. The lowest BCUT2D eigenvalue weighted by atomic mass is 9.83. The second kappa shape index (κ2) is 6.84. The number of carbonyl (C=O) groups excluding carboxylic acids is 2. The number of alkyl halides is 3. The van der Waals surface area contributed by atoms with Crippen LogP contribution in [0.15, 0.2) is 28.7 Å². The third-order valence-corrected chi connectivity index (χ3v) is 4.37. The lowest BCUT2D eigenvalue weighted by Gasteiger charge is -2.30. The largest absolute Gasteiger partial charge is 0.471 e. The van der Waals surface area contributed by atoms with E-state index in [0.717, 1.165) is 0 Å². The second-order valence-electron chi connectivity index (χ2n) is 5.72. The van der Waals surface area contributed by atoms with Crippen molar-refractivity contribution in [1.82, 2.24) is 10.3 Å². The van der Waals surface area contributed by atoms with E-state index in [1.807, 2.05) is 0 Å². The van der Waals surface area contributed by atoms with Crippen LogP contribution in [0.25, 0.3) is 0 Å². The smallest absolute Gasteiger partial charge is 0.338 e. The van der Waals surface area contributed by atoms with Crippen LogP contribution in [0.2, 0.25) is 0 Å². The van der Waals surface area contributed by atoms with E-state index in [9.17, 15) is 22.8 Å². The first-order valence-electron chi connectivity index (χ1n) is 7.19. The Balaban J connectivity index is 2.28. The number of hydrogen-bond acceptors (Lipinski definition) is 5. The Labute approximate surface area is 140 Å². The van der Waals surface area contributed by atoms with Gasteiger partial charge in [-0.3, -0.25) is 14.6 Å². The molecule has 0 fully saturated rings. The number of halogens is 3. The monoisotopic (exact) mass is 359 g/mol. The van der Waals surface area contributed by atoms with Gasteiger partial charge in [0.2, 0.25) is 0 Å². The zero-order valence-corrected chi connectivity index (χ0v) is 13.8. The molecular formula is C15H16F3N3O2S. The van der Waals surface area contributed by atoms with Crippen molar-refractivity contribution in [2.24, 2.45) is 10.9 Å². The van der Waals surface area contributed by atoms with Crippen LogP contribution in [0.1, 0.15) is 18.9 Å². The molecule has 0 aromatic carbocycles. The number of amides is 1. The van der Waals surface area contributed by atoms with Gasteiger partial charge in [0.25, 0.3) is 0 Å². The van der Waals surface area contributed by atoms with Gasteiger partial charge in [-0.05, 0) is 18.1 Å². The third-order valence-electron chi connectivity index (χ3n) is 3.59. The highest BCUT2D eigenvalue weighted by Gasteiger charge is 2.46. The van der Waals surface area contributed by atoms with Crippen molar-refractivity contribution >= 4 is 29.2 Å². The average molecular weight is 359 g/mol. The van der Waals surface area contributed by atoms with Gasteiger partial charge in [0.15, 0.2) is 5.78 Å². The van der Waals surface area contributed by atoms with E-state index in [-0.39, 0.29) is 6.42 Å². The number of carbonyl (C=O) groups is 2. The summed E-state index contributed by atoms with van der Waals surface area (Å²) in [5, 5.41) is 4.17. The highest BCUT2D eigenvalue weighted by atomic mass is 32.1. The van der Waals surface area contributed by atoms with Crippen LogP contribution in [0.3, 0.4) is 0 Å². The molecule has 2 atom stereocenters. The normalized spacial score (nSPS) is 21.2. The molecule has 0 spiro atoms. The molecule has 1 aliphatic heterocycles. The fourth-order valence-corrected chi connectivity index (χ4v) is 3.06. The average Bonchev–Trinajstić information content (AvgIpc) is 3.15. The predicted octanol–water partition coefficient (Wildman–Crippen LogP) is 2.34. The molecule has 1 aromatic rings. The second-order valence-corrected chi connectivity index (χ2v) is 6.70. The van der Waals surface area contributed by atoms with Crippen LogP contribution in [0.4, 0.5) is 13.2 Å². The van der Waals surface area contributed by atoms with E-state index >= 15 is 0 Å². The van der Waals surface area contributed by atoms with E-state index < -0.39 is 35.4 Å². The summed E-state index contributed by atoms with van der Waals surface area (Å²) in [6.07, 6.45) is 1.19. The molecule has 2 heterocycles. The fraction of sp³-hybridized carbons (Fsp3) is 0.467. The van der Waals surface area contributed by atoms with Crippen molar-refractivity contribution in [2.75, 3.05) is 0 Å². The van der Waals surface area contributed by atoms with Gasteiger partial charge >= 0.3 is 12.1 Å². The highest BCUT2D eigenvalue weighted by Crippen LogP contribution is 2.28. The molecule has 0 bridgehead atoms. The van der Waals surface area contributed by atoms with Crippen molar-refractivity contribution in [3.63, 3.8) is 0 Å². The molecule has 0 aliphatic carbocycles. The van der Waals surface area contributed by atoms with Gasteiger partial charge in [0.05, 0.1) is 11.0 Å². The van der Waals surface area contributed by atoms with Crippen LogP contribution < -0.4 is 5.32 Å². The first-order valence-corrected chi connectivity index (χ1v) is 8.07. The maximum absolute atomic E-state index is 12.9. The maximum atomic E-state index is 12.9. The molecule has 5 nitrogen and oxygen atoms in total. The molecule has 0 saturated carbocycles. The van der Waals surface area contributed by atoms with Crippen LogP contribution in [-0.2, 0) is 16.0 Å². The van der Waals surface area contributed by atoms with Crippen LogP contribution in [-0.4, -0.2) is 40.6 Å². The van der Waals surface area contributed by atoms with E-state index in [0.29, 0.717) is 5.01 Å². The lowest BCUT2D eigenvalue weighted by Crippen LogP contribution is -2.55. The minimum absolute atomic E-state index is 0.140. The Kier molecular flexibility index (Phi) is 5.22. The summed E-state index contributed by atoms with van der Waals surface area (Å²) >= 11 is 1.33. The molecule has 1 aromatic heterocycles. The molecule has 24 heavy (non-hydrogen) atoms. The minimum Gasteiger partial charge on any atom is -0.338 e. The molecule has 1 amide bonds. The number of ketones is 1. The Hall–Kier alpha value is -2.03. The summed E-state index contributed by atoms with van der Waals surface area (Å²) in [5.74, 6) is -3.25. The lowest BCUT2D eigenvalue weighted by molar-refractivity contribution is -0.175. The summed E-state index contributed by atoms with van der Waals surface area (Å²) in [5.41, 5.74) is -1.34. The Morgan fingerprint density at radius 2 is 2.08 bits per heavy atom. The predicted molar refractivity (Wildman–Crippen MR) is 84.0 cm³/mol. The van der Waals surface area contributed by atoms with Crippen molar-refractivity contribution < 1.29 is 22.8 Å². The van der Waals surface area contributed by atoms with Gasteiger partial charge in [0, 0.05) is 24.2 Å². The van der Waals surface area contributed by atoms with E-state index in [2.05, 4.69) is 9.98 Å². The van der Waals surface area contributed by atoms with Gasteiger partial charge < -0.3 is 5.32 Å². The standard InChI is InChI=1S/C15H16F3N3O2S/c1-9(2)11(21-13(23)15(16,17)18)12(22)14(4-3-5-20-14)8-10-19-6-7-24-10/h3-7,9,11H,8H2,1-2H3,(H,21,23)/t11-,14?/m0/s1. The van der Waals surface area contributed by atoms with Crippen molar-refractivity contribution in [1.29, 1.82) is 0 Å². The van der Waals surface area contributed by atoms with Gasteiger partial charge in [-0.1, -0.05) is 13.8 Å². The molecule has 1 N–H and O–H groups in total. The van der Waals surface area contributed by atoms with Gasteiger partial charge in [-0.25, -0.2) is 4.98 Å². The van der Waals surface area contributed by atoms with Gasteiger partial charge in [0.1, 0.15) is 5.54 Å². The molecule has 2 rings (SSSR count). The van der Waals surface area contributed by atoms with Crippen molar-refractivity contribution in [2.45, 2.75) is 38.0 Å². The van der Waals surface area contributed by atoms with E-state index in [1.165, 1.54) is 23.6 Å². The number of nitrogens with zero attached hydrogens (tertiary/aromatic N) is 2. The summed E-state index contributed by atoms with van der Waals surface area (Å²) in [6.45, 7) is 3.14. The number of aliphatic imine (C=N–C) groups is 1. The van der Waals surface area contributed by atoms with Crippen LogP contribution in [0.5, 0.6) is 0 Å². The van der Waals surface area contributed by atoms with Crippen molar-refractivity contribution in [3.05, 3.63) is 28.7 Å². The Morgan fingerprint density at radius 1 is 1.38 bits per heavy atom. The van der Waals surface area contributed by atoms with Crippen LogP contribution in [0, 0.1) is 5.92 Å². The summed E-state index contributed by atoms with van der Waals surface area (Å²) in [6, 6.07) is -1.31. The maximum Gasteiger partial charge on any atom is 0.471 e.